The Bertz CT molecular complexity index is 1020. The number of nitrogens with zero attached hydrogens (tertiary/aromatic N) is 4. The van der Waals surface area contributed by atoms with Crippen LogP contribution in [0.1, 0.15) is 29.0 Å². The van der Waals surface area contributed by atoms with Gasteiger partial charge in [-0.15, -0.1) is 0 Å². The molecule has 0 spiro atoms. The van der Waals surface area contributed by atoms with Gasteiger partial charge in [-0.2, -0.15) is 0 Å². The Morgan fingerprint density at radius 2 is 1.76 bits per heavy atom. The minimum atomic E-state index is -0.207. The van der Waals surface area contributed by atoms with E-state index < -0.39 is 0 Å². The lowest BCUT2D eigenvalue weighted by Crippen LogP contribution is -2.19. The minimum Gasteiger partial charge on any atom is -0.356 e. The average molecular weight is 453 g/mol. The van der Waals surface area contributed by atoms with Crippen molar-refractivity contribution in [1.29, 1.82) is 0 Å². The van der Waals surface area contributed by atoms with Gasteiger partial charge < -0.3 is 15.5 Å². The van der Waals surface area contributed by atoms with Crippen molar-refractivity contribution in [3.05, 3.63) is 64.7 Å². The van der Waals surface area contributed by atoms with Crippen LogP contribution < -0.4 is 15.5 Å². The zero-order chi connectivity index (χ0) is 20.2. The zero-order valence-electron chi connectivity index (χ0n) is 16.0. The van der Waals surface area contributed by atoms with Crippen LogP contribution in [0.4, 0.5) is 23.0 Å². The predicted octanol–water partition coefficient (Wildman–Crippen LogP) is 4.54. The van der Waals surface area contributed by atoms with Crippen molar-refractivity contribution in [1.82, 2.24) is 15.0 Å². The van der Waals surface area contributed by atoms with Gasteiger partial charge >= 0.3 is 0 Å². The van der Waals surface area contributed by atoms with Gasteiger partial charge in [-0.25, -0.2) is 9.97 Å². The summed E-state index contributed by atoms with van der Waals surface area (Å²) < 4.78 is 0.762. The molecule has 0 radical (unpaired) electrons. The van der Waals surface area contributed by atoms with Crippen LogP contribution in [-0.4, -0.2) is 33.9 Å². The maximum absolute atomic E-state index is 12.3. The Hall–Kier alpha value is -3.00. The molecule has 3 heterocycles. The summed E-state index contributed by atoms with van der Waals surface area (Å²) in [7, 11) is 0. The van der Waals surface area contributed by atoms with E-state index in [1.54, 1.807) is 12.3 Å². The highest BCUT2D eigenvalue weighted by Gasteiger charge is 2.15. The van der Waals surface area contributed by atoms with Crippen molar-refractivity contribution in [3.63, 3.8) is 0 Å². The molecule has 1 fully saturated rings. The molecule has 2 aromatic heterocycles. The van der Waals surface area contributed by atoms with E-state index in [-0.39, 0.29) is 5.91 Å². The van der Waals surface area contributed by atoms with Crippen LogP contribution in [0.25, 0.3) is 0 Å². The summed E-state index contributed by atoms with van der Waals surface area (Å²) in [4.78, 5) is 27.7. The number of halogens is 1. The Morgan fingerprint density at radius 1 is 1.03 bits per heavy atom. The number of amides is 1. The lowest BCUT2D eigenvalue weighted by Gasteiger charge is -2.18. The number of hydrogen-bond donors (Lipinski definition) is 2. The van der Waals surface area contributed by atoms with E-state index in [4.69, 9.17) is 0 Å². The number of nitrogens with one attached hydrogen (secondary N) is 2. The summed E-state index contributed by atoms with van der Waals surface area (Å²) in [5.41, 5.74) is 2.09. The number of anilines is 4. The first-order valence-corrected chi connectivity index (χ1v) is 10.3. The molecular formula is C21H21BrN6O. The van der Waals surface area contributed by atoms with E-state index in [1.807, 2.05) is 37.3 Å². The lowest BCUT2D eigenvalue weighted by atomic mass is 10.2. The van der Waals surface area contributed by atoms with Crippen molar-refractivity contribution >= 4 is 44.8 Å². The third kappa shape index (κ3) is 4.89. The molecule has 4 rings (SSSR count). The SMILES string of the molecule is Cc1nc(Nc2ccc(NC(=O)c3cncc(Br)c3)cc2)cc(N2CCCC2)n1. The average Bonchev–Trinajstić information content (AvgIpc) is 3.24. The molecule has 0 saturated carbocycles. The van der Waals surface area contributed by atoms with E-state index in [1.165, 1.54) is 19.0 Å². The van der Waals surface area contributed by atoms with Gasteiger partial charge in [0.15, 0.2) is 0 Å². The van der Waals surface area contributed by atoms with Gasteiger partial charge in [0.1, 0.15) is 17.5 Å². The minimum absolute atomic E-state index is 0.207. The van der Waals surface area contributed by atoms with Crippen molar-refractivity contribution in [2.45, 2.75) is 19.8 Å². The summed E-state index contributed by atoms with van der Waals surface area (Å²) in [5.74, 6) is 2.25. The molecule has 2 N–H and O–H groups in total. The van der Waals surface area contributed by atoms with E-state index in [0.29, 0.717) is 11.3 Å². The van der Waals surface area contributed by atoms with Crippen molar-refractivity contribution in [2.24, 2.45) is 0 Å². The molecule has 7 nitrogen and oxygen atoms in total. The number of benzene rings is 1. The highest BCUT2D eigenvalue weighted by atomic mass is 79.9. The Morgan fingerprint density at radius 3 is 2.48 bits per heavy atom. The summed E-state index contributed by atoms with van der Waals surface area (Å²) >= 11 is 3.32. The molecule has 29 heavy (non-hydrogen) atoms. The molecule has 0 atom stereocenters. The van der Waals surface area contributed by atoms with Crippen LogP contribution in [0.3, 0.4) is 0 Å². The maximum atomic E-state index is 12.3. The molecule has 148 valence electrons. The second-order valence-electron chi connectivity index (χ2n) is 6.90. The number of hydrogen-bond acceptors (Lipinski definition) is 6. The van der Waals surface area contributed by atoms with Gasteiger partial charge in [0.2, 0.25) is 0 Å². The molecule has 0 bridgehead atoms. The van der Waals surface area contributed by atoms with Gasteiger partial charge in [0.25, 0.3) is 5.91 Å². The largest absolute Gasteiger partial charge is 0.356 e. The van der Waals surface area contributed by atoms with E-state index in [0.717, 1.165) is 40.7 Å². The second kappa shape index (κ2) is 8.57. The fraction of sp³-hybridized carbons (Fsp3) is 0.238. The number of carbonyl (C=O) groups is 1. The summed E-state index contributed by atoms with van der Waals surface area (Å²) in [6.45, 7) is 3.98. The fourth-order valence-electron chi connectivity index (χ4n) is 3.25. The first kappa shape index (κ1) is 19.3. The molecule has 1 aliphatic heterocycles. The van der Waals surface area contributed by atoms with Crippen LogP contribution in [-0.2, 0) is 0 Å². The summed E-state index contributed by atoms with van der Waals surface area (Å²) in [6.07, 6.45) is 5.58. The number of rotatable bonds is 5. The molecule has 0 aliphatic carbocycles. The number of aryl methyl sites for hydroxylation is 1. The van der Waals surface area contributed by atoms with Crippen LogP contribution in [0.5, 0.6) is 0 Å². The number of pyridine rings is 1. The zero-order valence-corrected chi connectivity index (χ0v) is 17.6. The van der Waals surface area contributed by atoms with Gasteiger partial charge in [0.05, 0.1) is 5.56 Å². The second-order valence-corrected chi connectivity index (χ2v) is 7.82. The van der Waals surface area contributed by atoms with E-state index >= 15 is 0 Å². The lowest BCUT2D eigenvalue weighted by molar-refractivity contribution is 0.102. The number of aromatic nitrogens is 3. The number of carbonyl (C=O) groups excluding carboxylic acids is 1. The summed E-state index contributed by atoms with van der Waals surface area (Å²) in [5, 5.41) is 6.19. The van der Waals surface area contributed by atoms with E-state index in [2.05, 4.69) is 46.4 Å². The standard InChI is InChI=1S/C21H21BrN6O/c1-14-24-19(11-20(25-14)28-8-2-3-9-28)26-17-4-6-18(7-5-17)27-21(29)15-10-16(22)13-23-12-15/h4-7,10-13H,2-3,8-9H2,1H3,(H,27,29)(H,24,25,26). The smallest absolute Gasteiger partial charge is 0.257 e. The molecule has 1 aromatic carbocycles. The Labute approximate surface area is 177 Å². The molecular weight excluding hydrogens is 432 g/mol. The van der Waals surface area contributed by atoms with Gasteiger partial charge in [-0.1, -0.05) is 0 Å². The predicted molar refractivity (Wildman–Crippen MR) is 118 cm³/mol. The molecule has 1 saturated heterocycles. The molecule has 1 aliphatic rings. The molecule has 8 heteroatoms. The topological polar surface area (TPSA) is 83.0 Å². The molecule has 0 unspecified atom stereocenters. The normalized spacial score (nSPS) is 13.4. The van der Waals surface area contributed by atoms with Gasteiger partial charge in [0, 0.05) is 47.4 Å². The van der Waals surface area contributed by atoms with Crippen LogP contribution in [0.2, 0.25) is 0 Å². The third-order valence-electron chi connectivity index (χ3n) is 4.64. The fourth-order valence-corrected chi connectivity index (χ4v) is 3.61. The first-order chi connectivity index (χ1) is 14.1. The third-order valence-corrected chi connectivity index (χ3v) is 5.07. The van der Waals surface area contributed by atoms with Crippen molar-refractivity contribution in [2.75, 3.05) is 28.6 Å². The van der Waals surface area contributed by atoms with Crippen LogP contribution in [0, 0.1) is 6.92 Å². The van der Waals surface area contributed by atoms with Crippen LogP contribution in [0.15, 0.2) is 53.3 Å². The highest BCUT2D eigenvalue weighted by Crippen LogP contribution is 2.23. The molecule has 1 amide bonds. The Kier molecular flexibility index (Phi) is 5.71. The quantitative estimate of drug-likeness (QED) is 0.591. The molecule has 3 aromatic rings. The van der Waals surface area contributed by atoms with Crippen molar-refractivity contribution in [3.8, 4) is 0 Å². The Balaban J connectivity index is 1.44. The first-order valence-electron chi connectivity index (χ1n) is 9.46. The summed E-state index contributed by atoms with van der Waals surface area (Å²) in [6, 6.07) is 11.2. The van der Waals surface area contributed by atoms with Crippen LogP contribution >= 0.6 is 15.9 Å². The highest BCUT2D eigenvalue weighted by molar-refractivity contribution is 9.10. The van der Waals surface area contributed by atoms with E-state index in [9.17, 15) is 4.79 Å². The monoisotopic (exact) mass is 452 g/mol. The van der Waals surface area contributed by atoms with Crippen molar-refractivity contribution < 1.29 is 4.79 Å². The van der Waals surface area contributed by atoms with Gasteiger partial charge in [-0.05, 0) is 66.0 Å². The van der Waals surface area contributed by atoms with Gasteiger partial charge in [-0.3, -0.25) is 9.78 Å². The maximum Gasteiger partial charge on any atom is 0.257 e.